The zero-order chi connectivity index (χ0) is 20.3. The van der Waals surface area contributed by atoms with E-state index in [-0.39, 0.29) is 4.90 Å². The van der Waals surface area contributed by atoms with Crippen LogP contribution in [0.1, 0.15) is 11.1 Å². The fourth-order valence-electron chi connectivity index (χ4n) is 3.02. The largest absolute Gasteiger partial charge is 0.365 e. The van der Waals surface area contributed by atoms with Gasteiger partial charge < -0.3 is 5.32 Å². The maximum Gasteiger partial charge on any atom is 0.284 e. The molecule has 0 saturated carbocycles. The van der Waals surface area contributed by atoms with Crippen molar-refractivity contribution in [3.8, 4) is 11.3 Å². The minimum atomic E-state index is -3.83. The zero-order valence-electron chi connectivity index (χ0n) is 16.0. The van der Waals surface area contributed by atoms with Crippen LogP contribution < -0.4 is 5.32 Å². The van der Waals surface area contributed by atoms with Gasteiger partial charge in [0.25, 0.3) is 10.0 Å². The van der Waals surface area contributed by atoms with Gasteiger partial charge in [0.05, 0.1) is 10.6 Å². The quantitative estimate of drug-likeness (QED) is 0.506. The average Bonchev–Trinajstić information content (AvgIpc) is 3.19. The van der Waals surface area contributed by atoms with Crippen molar-refractivity contribution in [3.63, 3.8) is 0 Å². The van der Waals surface area contributed by atoms with Crippen LogP contribution in [-0.2, 0) is 16.6 Å². The molecular formula is C23H21N3O2S. The molecule has 5 nitrogen and oxygen atoms in total. The van der Waals surface area contributed by atoms with E-state index in [0.29, 0.717) is 18.1 Å². The minimum absolute atomic E-state index is 0.202. The molecule has 0 atom stereocenters. The molecule has 6 heteroatoms. The molecule has 146 valence electrons. The smallest absolute Gasteiger partial charge is 0.284 e. The molecule has 0 radical (unpaired) electrons. The Kier molecular flexibility index (Phi) is 5.18. The molecule has 0 aliphatic rings. The molecule has 0 saturated heterocycles. The van der Waals surface area contributed by atoms with Gasteiger partial charge in [-0.1, -0.05) is 78.4 Å². The van der Waals surface area contributed by atoms with Crippen molar-refractivity contribution in [2.45, 2.75) is 18.4 Å². The molecule has 1 N–H and O–H groups in total. The van der Waals surface area contributed by atoms with Crippen LogP contribution in [0.15, 0.2) is 95.9 Å². The fourth-order valence-corrected chi connectivity index (χ4v) is 4.27. The molecule has 29 heavy (non-hydrogen) atoms. The number of nitrogens with zero attached hydrogens (tertiary/aromatic N) is 2. The van der Waals surface area contributed by atoms with Crippen LogP contribution in [0.25, 0.3) is 11.3 Å². The second-order valence-electron chi connectivity index (χ2n) is 6.78. The van der Waals surface area contributed by atoms with Crippen molar-refractivity contribution in [1.82, 2.24) is 9.19 Å². The summed E-state index contributed by atoms with van der Waals surface area (Å²) in [5.74, 6) is 0.424. The summed E-state index contributed by atoms with van der Waals surface area (Å²) in [5, 5.41) is 7.66. The van der Waals surface area contributed by atoms with E-state index in [2.05, 4.69) is 10.4 Å². The first-order valence-corrected chi connectivity index (χ1v) is 10.7. The van der Waals surface area contributed by atoms with Crippen molar-refractivity contribution in [3.05, 3.63) is 102 Å². The third kappa shape index (κ3) is 4.07. The normalized spacial score (nSPS) is 11.3. The van der Waals surface area contributed by atoms with E-state index >= 15 is 0 Å². The summed E-state index contributed by atoms with van der Waals surface area (Å²) in [7, 11) is -3.83. The van der Waals surface area contributed by atoms with Crippen LogP contribution >= 0.6 is 0 Å². The molecule has 4 aromatic rings. The number of aromatic nitrogens is 2. The zero-order valence-corrected chi connectivity index (χ0v) is 16.8. The molecule has 0 spiro atoms. The predicted octanol–water partition coefficient (Wildman–Crippen LogP) is 4.71. The first-order chi connectivity index (χ1) is 14.0. The molecule has 0 fully saturated rings. The van der Waals surface area contributed by atoms with Crippen molar-refractivity contribution in [2.24, 2.45) is 0 Å². The lowest BCUT2D eigenvalue weighted by atomic mass is 10.1. The third-order valence-corrected chi connectivity index (χ3v) is 6.21. The summed E-state index contributed by atoms with van der Waals surface area (Å²) in [5.41, 5.74) is 3.50. The number of anilines is 1. The van der Waals surface area contributed by atoms with Crippen molar-refractivity contribution >= 4 is 15.8 Å². The highest BCUT2D eigenvalue weighted by Crippen LogP contribution is 2.26. The van der Waals surface area contributed by atoms with Gasteiger partial charge in [-0.05, 0) is 24.6 Å². The maximum absolute atomic E-state index is 13.3. The Bertz CT molecular complexity index is 1200. The Morgan fingerprint density at radius 1 is 0.862 bits per heavy atom. The topological polar surface area (TPSA) is 64.0 Å². The second-order valence-corrected chi connectivity index (χ2v) is 8.55. The highest BCUT2D eigenvalue weighted by molar-refractivity contribution is 7.90. The van der Waals surface area contributed by atoms with Crippen LogP contribution in [0.3, 0.4) is 0 Å². The number of hydrogen-bond acceptors (Lipinski definition) is 4. The monoisotopic (exact) mass is 403 g/mol. The highest BCUT2D eigenvalue weighted by Gasteiger charge is 2.23. The SMILES string of the molecule is Cc1ccc(S(=O)(=O)n2nc(-c3ccccc3)cc2NCc2ccccc2)cc1. The Balaban J connectivity index is 1.76. The average molecular weight is 404 g/mol. The fraction of sp³-hybridized carbons (Fsp3) is 0.0870. The molecule has 1 aromatic heterocycles. The molecule has 3 aromatic carbocycles. The second kappa shape index (κ2) is 7.93. The van der Waals surface area contributed by atoms with E-state index in [1.165, 1.54) is 0 Å². The Hall–Kier alpha value is -3.38. The van der Waals surface area contributed by atoms with E-state index in [0.717, 1.165) is 20.8 Å². The van der Waals surface area contributed by atoms with Crippen LogP contribution in [0.5, 0.6) is 0 Å². The lowest BCUT2D eigenvalue weighted by Gasteiger charge is -2.11. The van der Waals surface area contributed by atoms with Gasteiger partial charge in [-0.3, -0.25) is 0 Å². The van der Waals surface area contributed by atoms with Crippen molar-refractivity contribution in [2.75, 3.05) is 5.32 Å². The van der Waals surface area contributed by atoms with Crippen molar-refractivity contribution in [1.29, 1.82) is 0 Å². The Labute approximate surface area is 170 Å². The van der Waals surface area contributed by atoms with E-state index < -0.39 is 10.0 Å². The number of benzene rings is 3. The lowest BCUT2D eigenvalue weighted by molar-refractivity contribution is 0.581. The van der Waals surface area contributed by atoms with Gasteiger partial charge >= 0.3 is 0 Å². The first-order valence-electron chi connectivity index (χ1n) is 9.29. The third-order valence-electron chi connectivity index (χ3n) is 4.61. The van der Waals surface area contributed by atoms with Crippen LogP contribution in [0.4, 0.5) is 5.82 Å². The molecule has 1 heterocycles. The van der Waals surface area contributed by atoms with Crippen LogP contribution in [0, 0.1) is 6.92 Å². The summed E-state index contributed by atoms with van der Waals surface area (Å²) < 4.78 is 27.7. The molecular weight excluding hydrogens is 382 g/mol. The van der Waals surface area contributed by atoms with Gasteiger partial charge in [0.15, 0.2) is 0 Å². The summed E-state index contributed by atoms with van der Waals surface area (Å²) >= 11 is 0. The van der Waals surface area contributed by atoms with Gasteiger partial charge in [0.1, 0.15) is 5.82 Å². The number of nitrogens with one attached hydrogen (secondary N) is 1. The number of rotatable bonds is 6. The summed E-state index contributed by atoms with van der Waals surface area (Å²) in [6.45, 7) is 2.41. The molecule has 4 rings (SSSR count). The molecule has 0 aliphatic carbocycles. The molecule has 0 amide bonds. The number of aryl methyl sites for hydroxylation is 1. The summed E-state index contributed by atoms with van der Waals surface area (Å²) in [4.78, 5) is 0.202. The van der Waals surface area contributed by atoms with Gasteiger partial charge in [0, 0.05) is 18.2 Å². The maximum atomic E-state index is 13.3. The van der Waals surface area contributed by atoms with Gasteiger partial charge in [-0.15, -0.1) is 4.09 Å². The summed E-state index contributed by atoms with van der Waals surface area (Å²) in [6.07, 6.45) is 0. The minimum Gasteiger partial charge on any atom is -0.365 e. The van der Waals surface area contributed by atoms with Gasteiger partial charge in [-0.25, -0.2) is 0 Å². The standard InChI is InChI=1S/C23H21N3O2S/c1-18-12-14-21(15-13-18)29(27,28)26-23(24-17-19-8-4-2-5-9-19)16-22(25-26)20-10-6-3-7-11-20/h2-16,24H,17H2,1H3. The van der Waals surface area contributed by atoms with Crippen molar-refractivity contribution < 1.29 is 8.42 Å². The van der Waals surface area contributed by atoms with E-state index in [1.54, 1.807) is 30.3 Å². The first kappa shape index (κ1) is 19.0. The summed E-state index contributed by atoms with van der Waals surface area (Å²) in [6, 6.07) is 27.9. The Morgan fingerprint density at radius 3 is 2.14 bits per heavy atom. The lowest BCUT2D eigenvalue weighted by Crippen LogP contribution is -2.17. The van der Waals surface area contributed by atoms with Gasteiger partial charge in [0.2, 0.25) is 0 Å². The predicted molar refractivity (Wildman–Crippen MR) is 115 cm³/mol. The molecule has 0 aliphatic heterocycles. The van der Waals surface area contributed by atoms with Crippen LogP contribution in [-0.4, -0.2) is 17.6 Å². The molecule has 0 unspecified atom stereocenters. The molecule has 0 bridgehead atoms. The van der Waals surface area contributed by atoms with Gasteiger partial charge in [-0.2, -0.15) is 13.5 Å². The van der Waals surface area contributed by atoms with Crippen LogP contribution in [0.2, 0.25) is 0 Å². The van der Waals surface area contributed by atoms with E-state index in [9.17, 15) is 8.42 Å². The number of hydrogen-bond donors (Lipinski definition) is 1. The van der Waals surface area contributed by atoms with E-state index in [1.807, 2.05) is 67.6 Å². The Morgan fingerprint density at radius 2 is 1.48 bits per heavy atom. The highest BCUT2D eigenvalue weighted by atomic mass is 32.2. The van der Waals surface area contributed by atoms with E-state index in [4.69, 9.17) is 0 Å².